The molecule has 0 amide bonds. The van der Waals surface area contributed by atoms with Crippen LogP contribution in [0.1, 0.15) is 22.3 Å². The number of aromatic nitrogens is 4. The van der Waals surface area contributed by atoms with Gasteiger partial charge in [0, 0.05) is 49.5 Å². The summed E-state index contributed by atoms with van der Waals surface area (Å²) in [7, 11) is 0. The number of benzene rings is 8. The van der Waals surface area contributed by atoms with E-state index in [0.717, 1.165) is 78.1 Å². The van der Waals surface area contributed by atoms with Crippen LogP contribution in [-0.2, 0) is 6.18 Å². The van der Waals surface area contributed by atoms with Crippen LogP contribution < -0.4 is 0 Å². The van der Waals surface area contributed by atoms with Crippen LogP contribution in [0.15, 0.2) is 182 Å². The molecule has 4 nitrogen and oxygen atoms in total. The van der Waals surface area contributed by atoms with Gasteiger partial charge in [0.25, 0.3) is 0 Å². The van der Waals surface area contributed by atoms with Gasteiger partial charge in [-0.1, -0.05) is 108 Å². The molecule has 0 bridgehead atoms. The van der Waals surface area contributed by atoms with E-state index in [4.69, 9.17) is 9.97 Å². The zero-order valence-corrected chi connectivity index (χ0v) is 34.7. The highest BCUT2D eigenvalue weighted by Crippen LogP contribution is 2.42. The van der Waals surface area contributed by atoms with Crippen LogP contribution in [0.25, 0.3) is 100 Å². The Morgan fingerprint density at radius 2 is 0.889 bits per heavy atom. The number of alkyl halides is 3. The highest BCUT2D eigenvalue weighted by Gasteiger charge is 2.31. The van der Waals surface area contributed by atoms with Crippen LogP contribution in [0.5, 0.6) is 0 Å². The van der Waals surface area contributed by atoms with Crippen molar-refractivity contribution in [2.24, 2.45) is 0 Å². The Morgan fingerprint density at radius 3 is 1.43 bits per heavy atom. The summed E-state index contributed by atoms with van der Waals surface area (Å²) in [6.07, 6.45) is -4.49. The highest BCUT2D eigenvalue weighted by atomic mass is 19.4. The van der Waals surface area contributed by atoms with Crippen LogP contribution in [0.2, 0.25) is 0 Å². The molecule has 0 unspecified atom stereocenters. The Hall–Kier alpha value is -7.77. The molecule has 11 rings (SSSR count). The van der Waals surface area contributed by atoms with Gasteiger partial charge in [-0.3, -0.25) is 0 Å². The quantitative estimate of drug-likeness (QED) is 0.167. The van der Waals surface area contributed by atoms with Gasteiger partial charge < -0.3 is 9.13 Å². The number of rotatable bonds is 6. The van der Waals surface area contributed by atoms with Crippen molar-refractivity contribution in [3.63, 3.8) is 0 Å². The topological polar surface area (TPSA) is 35.6 Å². The van der Waals surface area contributed by atoms with Gasteiger partial charge in [0.1, 0.15) is 0 Å². The molecule has 0 saturated heterocycles. The van der Waals surface area contributed by atoms with Gasteiger partial charge in [0.2, 0.25) is 0 Å². The van der Waals surface area contributed by atoms with E-state index in [-0.39, 0.29) is 0 Å². The lowest BCUT2D eigenvalue weighted by Gasteiger charge is -2.18. The molecule has 0 fully saturated rings. The van der Waals surface area contributed by atoms with E-state index in [1.165, 1.54) is 34.0 Å². The van der Waals surface area contributed by atoms with Crippen molar-refractivity contribution in [3.8, 4) is 56.4 Å². The van der Waals surface area contributed by atoms with Crippen LogP contribution in [0.3, 0.4) is 0 Å². The fraction of sp³-hybridized carbons (Fsp3) is 0.0714. The fourth-order valence-electron chi connectivity index (χ4n) is 9.11. The van der Waals surface area contributed by atoms with Crippen LogP contribution in [0.4, 0.5) is 13.2 Å². The van der Waals surface area contributed by atoms with E-state index in [2.05, 4.69) is 95.8 Å². The lowest BCUT2D eigenvalue weighted by molar-refractivity contribution is -0.137. The number of fused-ring (bicyclic) bond motifs is 6. The average Bonchev–Trinajstić information content (AvgIpc) is 3.80. The summed E-state index contributed by atoms with van der Waals surface area (Å²) in [4.78, 5) is 10.4. The standard InChI is InChI=1S/C56H39F3N4/c1-34-17-22-51-44(27-34)45-28-35(2)18-23-52(45)62(51)42-16-10-15-39(30-42)43-31-40(55-60-48(37-11-6-4-7-12-37)33-49(61-55)38-13-8-5-9-14-38)20-25-50(43)63-53-24-19-36(3)29-46(53)47-32-41(56(57,58)59)21-26-54(47)63/h4-33H,1-3H3. The van der Waals surface area contributed by atoms with Crippen LogP contribution in [-0.4, -0.2) is 19.1 Å². The highest BCUT2D eigenvalue weighted by molar-refractivity contribution is 6.11. The normalized spacial score (nSPS) is 12.0. The molecule has 8 aromatic carbocycles. The zero-order chi connectivity index (χ0) is 43.0. The fourth-order valence-corrected chi connectivity index (χ4v) is 9.11. The summed E-state index contributed by atoms with van der Waals surface area (Å²) in [5, 5.41) is 3.66. The number of hydrogen-bond donors (Lipinski definition) is 0. The van der Waals surface area contributed by atoms with Crippen molar-refractivity contribution in [3.05, 3.63) is 204 Å². The second-order valence-corrected chi connectivity index (χ2v) is 16.4. The minimum absolute atomic E-state index is 0.537. The smallest absolute Gasteiger partial charge is 0.309 e. The Kier molecular flexibility index (Phi) is 8.91. The second kappa shape index (κ2) is 14.7. The molecule has 0 saturated carbocycles. The van der Waals surface area contributed by atoms with E-state index < -0.39 is 11.7 Å². The molecule has 11 aromatic rings. The van der Waals surface area contributed by atoms with Crippen LogP contribution >= 0.6 is 0 Å². The maximum Gasteiger partial charge on any atom is 0.416 e. The van der Waals surface area contributed by atoms with Gasteiger partial charge in [-0.05, 0) is 117 Å². The number of nitrogens with zero attached hydrogens (tertiary/aromatic N) is 4. The number of halogens is 3. The molecule has 0 radical (unpaired) electrons. The molecular weight excluding hydrogens is 786 g/mol. The molecule has 0 N–H and O–H groups in total. The molecule has 0 atom stereocenters. The molecule has 304 valence electrons. The maximum atomic E-state index is 14.3. The second-order valence-electron chi connectivity index (χ2n) is 16.4. The molecule has 3 aromatic heterocycles. The first kappa shape index (κ1) is 38.2. The van der Waals surface area contributed by atoms with E-state index in [9.17, 15) is 13.2 Å². The largest absolute Gasteiger partial charge is 0.416 e. The third kappa shape index (κ3) is 6.64. The van der Waals surface area contributed by atoms with E-state index >= 15 is 0 Å². The predicted octanol–water partition coefficient (Wildman–Crippen LogP) is 15.3. The van der Waals surface area contributed by atoms with Gasteiger partial charge in [-0.15, -0.1) is 0 Å². The van der Waals surface area contributed by atoms with E-state index in [0.29, 0.717) is 16.7 Å². The van der Waals surface area contributed by atoms with Crippen LogP contribution in [0, 0.1) is 20.8 Å². The molecule has 63 heavy (non-hydrogen) atoms. The average molecular weight is 825 g/mol. The van der Waals surface area contributed by atoms with Gasteiger partial charge in [0.05, 0.1) is 44.7 Å². The maximum absolute atomic E-state index is 14.3. The van der Waals surface area contributed by atoms with Crippen molar-refractivity contribution in [2.75, 3.05) is 0 Å². The number of hydrogen-bond acceptors (Lipinski definition) is 2. The summed E-state index contributed by atoms with van der Waals surface area (Å²) >= 11 is 0. The Bertz CT molecular complexity index is 3470. The van der Waals surface area contributed by atoms with Gasteiger partial charge >= 0.3 is 6.18 Å². The first-order valence-electron chi connectivity index (χ1n) is 21.0. The minimum Gasteiger partial charge on any atom is -0.309 e. The summed E-state index contributed by atoms with van der Waals surface area (Å²) in [5.74, 6) is 0.556. The first-order valence-corrected chi connectivity index (χ1v) is 21.0. The van der Waals surface area contributed by atoms with Crippen molar-refractivity contribution in [1.82, 2.24) is 19.1 Å². The lowest BCUT2D eigenvalue weighted by atomic mass is 9.99. The van der Waals surface area contributed by atoms with Gasteiger partial charge in [-0.25, -0.2) is 9.97 Å². The summed E-state index contributed by atoms with van der Waals surface area (Å²) in [5.41, 5.74) is 14.3. The summed E-state index contributed by atoms with van der Waals surface area (Å²) in [6, 6.07) is 60.2. The first-order chi connectivity index (χ1) is 30.6. The van der Waals surface area contributed by atoms with Gasteiger partial charge in [-0.2, -0.15) is 13.2 Å². The molecule has 7 heteroatoms. The predicted molar refractivity (Wildman–Crippen MR) is 252 cm³/mol. The third-order valence-corrected chi connectivity index (χ3v) is 12.1. The van der Waals surface area contributed by atoms with E-state index in [1.54, 1.807) is 6.07 Å². The van der Waals surface area contributed by atoms with Crippen molar-refractivity contribution in [2.45, 2.75) is 26.9 Å². The lowest BCUT2D eigenvalue weighted by Crippen LogP contribution is -2.04. The SMILES string of the molecule is Cc1ccc2c(c1)c1cc(C)ccc1n2-c1cccc(-c2cc(-c3nc(-c4ccccc4)cc(-c4ccccc4)n3)ccc2-n2c3ccc(C)cc3c3cc(C(F)(F)F)ccc32)c1. The monoisotopic (exact) mass is 824 g/mol. The summed E-state index contributed by atoms with van der Waals surface area (Å²) < 4.78 is 47.2. The minimum atomic E-state index is -4.49. The Balaban J connectivity index is 1.19. The molecule has 0 spiro atoms. The molecule has 0 aliphatic rings. The number of aryl methyl sites for hydroxylation is 3. The molecule has 0 aliphatic heterocycles. The van der Waals surface area contributed by atoms with E-state index in [1.807, 2.05) is 97.9 Å². The molecule has 3 heterocycles. The van der Waals surface area contributed by atoms with Crippen molar-refractivity contribution >= 4 is 43.6 Å². The van der Waals surface area contributed by atoms with Crippen molar-refractivity contribution < 1.29 is 13.2 Å². The molecule has 0 aliphatic carbocycles. The Morgan fingerprint density at radius 1 is 0.397 bits per heavy atom. The Labute approximate surface area is 362 Å². The van der Waals surface area contributed by atoms with Gasteiger partial charge in [0.15, 0.2) is 5.82 Å². The molecular formula is C56H39F3N4. The zero-order valence-electron chi connectivity index (χ0n) is 34.7. The van der Waals surface area contributed by atoms with Crippen molar-refractivity contribution in [1.29, 1.82) is 0 Å². The third-order valence-electron chi connectivity index (χ3n) is 12.1. The summed E-state index contributed by atoms with van der Waals surface area (Å²) in [6.45, 7) is 6.21.